The molecule has 0 saturated carbocycles. The van der Waals surface area contributed by atoms with E-state index in [1.807, 2.05) is 12.1 Å². The zero-order chi connectivity index (χ0) is 15.2. The van der Waals surface area contributed by atoms with E-state index in [2.05, 4.69) is 10.3 Å². The Bertz CT molecular complexity index is 604. The van der Waals surface area contributed by atoms with Crippen LogP contribution >= 0.6 is 22.9 Å². The van der Waals surface area contributed by atoms with Crippen molar-refractivity contribution < 1.29 is 14.2 Å². The summed E-state index contributed by atoms with van der Waals surface area (Å²) in [6, 6.07) is 3.73. The van der Waals surface area contributed by atoms with Crippen molar-refractivity contribution in [3.8, 4) is 21.9 Å². The van der Waals surface area contributed by atoms with Gasteiger partial charge in [0.2, 0.25) is 0 Å². The molecule has 0 unspecified atom stereocenters. The number of aromatic nitrogens is 1. The molecule has 0 spiro atoms. The summed E-state index contributed by atoms with van der Waals surface area (Å²) < 4.78 is 15.5. The van der Waals surface area contributed by atoms with E-state index in [0.29, 0.717) is 29.7 Å². The summed E-state index contributed by atoms with van der Waals surface area (Å²) >= 11 is 7.92. The fourth-order valence-electron chi connectivity index (χ4n) is 1.82. The Morgan fingerprint density at radius 1 is 1.24 bits per heavy atom. The van der Waals surface area contributed by atoms with Crippen molar-refractivity contribution in [2.45, 2.75) is 0 Å². The van der Waals surface area contributed by atoms with Crippen molar-refractivity contribution in [2.24, 2.45) is 0 Å². The molecule has 2 rings (SSSR count). The number of hydrogen-bond acceptors (Lipinski definition) is 6. The van der Waals surface area contributed by atoms with Gasteiger partial charge in [0.05, 0.1) is 30.7 Å². The smallest absolute Gasteiger partial charge is 0.183 e. The van der Waals surface area contributed by atoms with Crippen LogP contribution in [0.4, 0.5) is 5.13 Å². The van der Waals surface area contributed by atoms with Gasteiger partial charge in [-0.25, -0.2) is 4.98 Å². The predicted octanol–water partition coefficient (Wildman–Crippen LogP) is 3.54. The average Bonchev–Trinajstić information content (AvgIpc) is 2.95. The minimum absolute atomic E-state index is 0.518. The second kappa shape index (κ2) is 7.49. The van der Waals surface area contributed by atoms with Gasteiger partial charge in [0, 0.05) is 25.4 Å². The number of halogens is 1. The number of ether oxygens (including phenoxy) is 3. The summed E-state index contributed by atoms with van der Waals surface area (Å²) in [4.78, 5) is 5.28. The average molecular weight is 329 g/mol. The van der Waals surface area contributed by atoms with Crippen molar-refractivity contribution in [3.05, 3.63) is 23.4 Å². The molecule has 1 heterocycles. The van der Waals surface area contributed by atoms with Gasteiger partial charge in [-0.1, -0.05) is 22.9 Å². The van der Waals surface area contributed by atoms with Gasteiger partial charge in [-0.2, -0.15) is 0 Å². The van der Waals surface area contributed by atoms with Crippen LogP contribution in [-0.4, -0.2) is 39.5 Å². The number of anilines is 1. The van der Waals surface area contributed by atoms with Crippen LogP contribution in [-0.2, 0) is 4.74 Å². The Kier molecular flexibility index (Phi) is 5.67. The van der Waals surface area contributed by atoms with Gasteiger partial charge >= 0.3 is 0 Å². The first-order valence-electron chi connectivity index (χ1n) is 6.30. The number of hydrogen-bond donors (Lipinski definition) is 1. The van der Waals surface area contributed by atoms with E-state index in [9.17, 15) is 0 Å². The molecule has 0 aliphatic rings. The standard InChI is InChI=1S/C14H17ClN2O3S/c1-18-7-6-16-14-17-8-11(21-14)9-4-5-10(19-2)13(20-3)12(9)15/h4-5,8H,6-7H2,1-3H3,(H,16,17). The molecular formula is C14H17ClN2O3S. The zero-order valence-electron chi connectivity index (χ0n) is 12.1. The first-order valence-corrected chi connectivity index (χ1v) is 7.50. The van der Waals surface area contributed by atoms with E-state index < -0.39 is 0 Å². The maximum Gasteiger partial charge on any atom is 0.183 e. The lowest BCUT2D eigenvalue weighted by molar-refractivity contribution is 0.211. The molecule has 1 aromatic heterocycles. The first kappa shape index (κ1) is 15.9. The number of nitrogens with one attached hydrogen (secondary N) is 1. The quantitative estimate of drug-likeness (QED) is 0.788. The summed E-state index contributed by atoms with van der Waals surface area (Å²) in [7, 11) is 4.81. The third-order valence-electron chi connectivity index (χ3n) is 2.84. The summed E-state index contributed by atoms with van der Waals surface area (Å²) in [6.45, 7) is 1.34. The highest BCUT2D eigenvalue weighted by atomic mass is 35.5. The van der Waals surface area contributed by atoms with Gasteiger partial charge in [0.25, 0.3) is 0 Å². The molecule has 0 aliphatic carbocycles. The van der Waals surface area contributed by atoms with Crippen molar-refractivity contribution in [1.29, 1.82) is 0 Å². The maximum absolute atomic E-state index is 6.40. The van der Waals surface area contributed by atoms with Crippen molar-refractivity contribution in [1.82, 2.24) is 4.98 Å². The molecule has 1 N–H and O–H groups in total. The van der Waals surface area contributed by atoms with Crippen LogP contribution in [0.2, 0.25) is 5.02 Å². The topological polar surface area (TPSA) is 52.6 Å². The number of methoxy groups -OCH3 is 3. The van der Waals surface area contributed by atoms with Crippen molar-refractivity contribution in [3.63, 3.8) is 0 Å². The molecule has 0 aliphatic heterocycles. The highest BCUT2D eigenvalue weighted by Crippen LogP contribution is 2.43. The van der Waals surface area contributed by atoms with Gasteiger partial charge < -0.3 is 19.5 Å². The summed E-state index contributed by atoms with van der Waals surface area (Å²) in [5, 5.41) is 4.53. The molecule has 0 atom stereocenters. The van der Waals surface area contributed by atoms with Crippen molar-refractivity contribution in [2.75, 3.05) is 39.8 Å². The predicted molar refractivity (Wildman–Crippen MR) is 86.0 cm³/mol. The van der Waals surface area contributed by atoms with Crippen LogP contribution in [0, 0.1) is 0 Å². The Labute approximate surface area is 132 Å². The number of thiazole rings is 1. The molecule has 0 fully saturated rings. The molecule has 21 heavy (non-hydrogen) atoms. The van der Waals surface area contributed by atoms with Crippen LogP contribution < -0.4 is 14.8 Å². The Balaban J connectivity index is 2.26. The van der Waals surface area contributed by atoms with Crippen LogP contribution in [0.3, 0.4) is 0 Å². The molecule has 0 bridgehead atoms. The molecule has 7 heteroatoms. The largest absolute Gasteiger partial charge is 0.493 e. The second-order valence-electron chi connectivity index (χ2n) is 4.11. The van der Waals surface area contributed by atoms with Crippen LogP contribution in [0.1, 0.15) is 0 Å². The zero-order valence-corrected chi connectivity index (χ0v) is 13.7. The maximum atomic E-state index is 6.40. The minimum Gasteiger partial charge on any atom is -0.493 e. The molecule has 5 nitrogen and oxygen atoms in total. The lowest BCUT2D eigenvalue weighted by Crippen LogP contribution is -2.06. The minimum atomic E-state index is 0.518. The third-order valence-corrected chi connectivity index (χ3v) is 4.20. The second-order valence-corrected chi connectivity index (χ2v) is 5.52. The number of benzene rings is 1. The molecule has 0 amide bonds. The van der Waals surface area contributed by atoms with E-state index in [1.165, 1.54) is 11.3 Å². The Morgan fingerprint density at radius 2 is 2.05 bits per heavy atom. The molecular weight excluding hydrogens is 312 g/mol. The fraction of sp³-hybridized carbons (Fsp3) is 0.357. The molecule has 0 radical (unpaired) electrons. The van der Waals surface area contributed by atoms with E-state index in [4.69, 9.17) is 25.8 Å². The lowest BCUT2D eigenvalue weighted by Gasteiger charge is -2.11. The third kappa shape index (κ3) is 3.58. The van der Waals surface area contributed by atoms with E-state index >= 15 is 0 Å². The number of rotatable bonds is 7. The van der Waals surface area contributed by atoms with Gasteiger partial charge in [-0.05, 0) is 12.1 Å². The molecule has 114 valence electrons. The summed E-state index contributed by atoms with van der Waals surface area (Å²) in [5.74, 6) is 1.13. The molecule has 2 aromatic rings. The SMILES string of the molecule is COCCNc1ncc(-c2ccc(OC)c(OC)c2Cl)s1. The first-order chi connectivity index (χ1) is 10.2. The van der Waals surface area contributed by atoms with Crippen LogP contribution in [0.5, 0.6) is 11.5 Å². The summed E-state index contributed by atoms with van der Waals surface area (Å²) in [5.41, 5.74) is 0.867. The van der Waals surface area contributed by atoms with Gasteiger partial charge in [0.1, 0.15) is 0 Å². The van der Waals surface area contributed by atoms with Gasteiger partial charge in [-0.15, -0.1) is 0 Å². The van der Waals surface area contributed by atoms with E-state index in [0.717, 1.165) is 15.6 Å². The van der Waals surface area contributed by atoms with E-state index in [-0.39, 0.29) is 0 Å². The van der Waals surface area contributed by atoms with E-state index in [1.54, 1.807) is 27.5 Å². The lowest BCUT2D eigenvalue weighted by atomic mass is 10.2. The van der Waals surface area contributed by atoms with Crippen LogP contribution in [0.25, 0.3) is 10.4 Å². The number of nitrogens with zero attached hydrogens (tertiary/aromatic N) is 1. The Morgan fingerprint density at radius 3 is 2.71 bits per heavy atom. The fourth-order valence-corrected chi connectivity index (χ4v) is 3.08. The normalized spacial score (nSPS) is 10.5. The van der Waals surface area contributed by atoms with Crippen LogP contribution in [0.15, 0.2) is 18.3 Å². The highest BCUT2D eigenvalue weighted by molar-refractivity contribution is 7.18. The van der Waals surface area contributed by atoms with Gasteiger partial charge in [-0.3, -0.25) is 0 Å². The molecule has 1 aromatic carbocycles. The Hall–Kier alpha value is -1.50. The molecule has 0 saturated heterocycles. The van der Waals surface area contributed by atoms with Crippen molar-refractivity contribution >= 4 is 28.1 Å². The monoisotopic (exact) mass is 328 g/mol. The summed E-state index contributed by atoms with van der Waals surface area (Å²) in [6.07, 6.45) is 1.78. The van der Waals surface area contributed by atoms with Gasteiger partial charge in [0.15, 0.2) is 16.6 Å². The highest BCUT2D eigenvalue weighted by Gasteiger charge is 2.16.